The second kappa shape index (κ2) is 7.75. The fourth-order valence-electron chi connectivity index (χ4n) is 2.03. The van der Waals surface area contributed by atoms with Gasteiger partial charge >= 0.3 is 0 Å². The second-order valence-corrected chi connectivity index (χ2v) is 5.80. The first-order chi connectivity index (χ1) is 9.04. The lowest BCUT2D eigenvalue weighted by molar-refractivity contribution is -0.384. The number of rotatable bonds is 7. The number of hydrogen-bond acceptors (Lipinski definition) is 4. The number of nitrogens with zero attached hydrogens (tertiary/aromatic N) is 2. The molecule has 0 aromatic heterocycles. The topological polar surface area (TPSA) is 46.4 Å². The van der Waals surface area contributed by atoms with Crippen LogP contribution in [-0.2, 0) is 5.33 Å². The summed E-state index contributed by atoms with van der Waals surface area (Å²) in [4.78, 5) is 12.7. The fourth-order valence-corrected chi connectivity index (χ4v) is 3.32. The SMILES string of the molecule is CCC(CSC)N(C)c1ccc([N+](=O)[O-])cc1CBr. The van der Waals surface area contributed by atoms with Gasteiger partial charge in [-0.2, -0.15) is 11.8 Å². The lowest BCUT2D eigenvalue weighted by Gasteiger charge is -2.30. The number of hydrogen-bond donors (Lipinski definition) is 0. The zero-order valence-electron chi connectivity index (χ0n) is 11.4. The fraction of sp³-hybridized carbons (Fsp3) is 0.538. The van der Waals surface area contributed by atoms with Gasteiger partial charge in [-0.3, -0.25) is 10.1 Å². The van der Waals surface area contributed by atoms with Gasteiger partial charge in [0.1, 0.15) is 0 Å². The molecule has 0 fully saturated rings. The van der Waals surface area contributed by atoms with Crippen molar-refractivity contribution in [1.82, 2.24) is 0 Å². The van der Waals surface area contributed by atoms with E-state index in [4.69, 9.17) is 0 Å². The van der Waals surface area contributed by atoms with E-state index in [-0.39, 0.29) is 10.6 Å². The molecule has 0 bridgehead atoms. The van der Waals surface area contributed by atoms with Crippen LogP contribution in [0, 0.1) is 10.1 Å². The normalized spacial score (nSPS) is 12.2. The van der Waals surface area contributed by atoms with Crippen molar-refractivity contribution in [3.63, 3.8) is 0 Å². The van der Waals surface area contributed by atoms with E-state index in [0.717, 1.165) is 23.4 Å². The summed E-state index contributed by atoms with van der Waals surface area (Å²) in [5.74, 6) is 1.05. The lowest BCUT2D eigenvalue weighted by atomic mass is 10.1. The number of non-ortho nitro benzene ring substituents is 1. The minimum atomic E-state index is -0.352. The van der Waals surface area contributed by atoms with E-state index in [0.29, 0.717) is 11.4 Å². The first kappa shape index (κ1) is 16.3. The molecule has 1 aromatic carbocycles. The highest BCUT2D eigenvalue weighted by Crippen LogP contribution is 2.29. The summed E-state index contributed by atoms with van der Waals surface area (Å²) < 4.78 is 0. The van der Waals surface area contributed by atoms with Crippen molar-refractivity contribution < 1.29 is 4.92 Å². The molecule has 1 atom stereocenters. The standard InChI is InChI=1S/C13H19BrN2O2S/c1-4-11(9-19-3)15(2)13-6-5-12(16(17)18)7-10(13)8-14/h5-7,11H,4,8-9H2,1-3H3. The third-order valence-corrected chi connectivity index (χ3v) is 4.50. The molecule has 1 aromatic rings. The van der Waals surface area contributed by atoms with Crippen LogP contribution in [0.5, 0.6) is 0 Å². The number of benzene rings is 1. The maximum absolute atomic E-state index is 10.8. The van der Waals surface area contributed by atoms with Crippen molar-refractivity contribution in [3.8, 4) is 0 Å². The van der Waals surface area contributed by atoms with E-state index in [1.165, 1.54) is 0 Å². The number of alkyl halides is 1. The molecule has 0 aliphatic heterocycles. The van der Waals surface area contributed by atoms with Gasteiger partial charge in [0.05, 0.1) is 4.92 Å². The average Bonchev–Trinajstić information content (AvgIpc) is 2.43. The number of anilines is 1. The van der Waals surface area contributed by atoms with E-state index >= 15 is 0 Å². The van der Waals surface area contributed by atoms with Crippen LogP contribution in [0.25, 0.3) is 0 Å². The van der Waals surface area contributed by atoms with Crippen LogP contribution in [-0.4, -0.2) is 30.0 Å². The summed E-state index contributed by atoms with van der Waals surface area (Å²) in [7, 11) is 2.05. The summed E-state index contributed by atoms with van der Waals surface area (Å²) in [6.07, 6.45) is 3.15. The highest BCUT2D eigenvalue weighted by atomic mass is 79.9. The molecule has 6 heteroatoms. The Kier molecular flexibility index (Phi) is 6.65. The maximum atomic E-state index is 10.8. The molecule has 0 N–H and O–H groups in total. The number of nitro groups is 1. The van der Waals surface area contributed by atoms with Gasteiger partial charge in [0.25, 0.3) is 5.69 Å². The van der Waals surface area contributed by atoms with E-state index in [9.17, 15) is 10.1 Å². The summed E-state index contributed by atoms with van der Waals surface area (Å²) in [5.41, 5.74) is 2.16. The molecule has 0 heterocycles. The number of thioether (sulfide) groups is 1. The third-order valence-electron chi connectivity index (χ3n) is 3.18. The van der Waals surface area contributed by atoms with Crippen molar-refractivity contribution in [3.05, 3.63) is 33.9 Å². The Balaban J connectivity index is 3.08. The Hall–Kier alpha value is -0.750. The third kappa shape index (κ3) is 4.11. The molecule has 0 spiro atoms. The number of halogens is 1. The van der Waals surface area contributed by atoms with Crippen LogP contribution in [0.2, 0.25) is 0 Å². The van der Waals surface area contributed by atoms with E-state index in [1.54, 1.807) is 12.1 Å². The molecular weight excluding hydrogens is 328 g/mol. The molecule has 0 aliphatic rings. The summed E-state index contributed by atoms with van der Waals surface area (Å²) >= 11 is 5.23. The van der Waals surface area contributed by atoms with Crippen LogP contribution < -0.4 is 4.90 Å². The largest absolute Gasteiger partial charge is 0.371 e. The molecule has 0 amide bonds. The predicted molar refractivity (Wildman–Crippen MR) is 86.6 cm³/mol. The molecule has 0 radical (unpaired) electrons. The second-order valence-electron chi connectivity index (χ2n) is 4.33. The number of nitro benzene ring substituents is 1. The van der Waals surface area contributed by atoms with Gasteiger partial charge in [-0.25, -0.2) is 0 Å². The van der Waals surface area contributed by atoms with Gasteiger partial charge in [0.2, 0.25) is 0 Å². The molecule has 1 unspecified atom stereocenters. The molecule has 0 saturated heterocycles. The van der Waals surface area contributed by atoms with Crippen molar-refractivity contribution in [2.24, 2.45) is 0 Å². The first-order valence-electron chi connectivity index (χ1n) is 6.10. The zero-order valence-corrected chi connectivity index (χ0v) is 13.8. The van der Waals surface area contributed by atoms with Crippen LogP contribution in [0.3, 0.4) is 0 Å². The maximum Gasteiger partial charge on any atom is 0.269 e. The lowest BCUT2D eigenvalue weighted by Crippen LogP contribution is -2.33. The van der Waals surface area contributed by atoms with Crippen LogP contribution >= 0.6 is 27.7 Å². The Morgan fingerprint density at radius 3 is 2.68 bits per heavy atom. The van der Waals surface area contributed by atoms with E-state index in [1.807, 2.05) is 17.8 Å². The quantitative estimate of drug-likeness (QED) is 0.424. The summed E-state index contributed by atoms with van der Waals surface area (Å²) in [6, 6.07) is 5.50. The molecule has 1 rings (SSSR count). The van der Waals surface area contributed by atoms with Crippen LogP contribution in [0.4, 0.5) is 11.4 Å². The molecule has 4 nitrogen and oxygen atoms in total. The molecule has 0 saturated carbocycles. The van der Waals surface area contributed by atoms with Gasteiger partial charge in [0, 0.05) is 42.0 Å². The Labute approximate surface area is 126 Å². The van der Waals surface area contributed by atoms with Crippen molar-refractivity contribution in [2.75, 3.05) is 24.0 Å². The highest BCUT2D eigenvalue weighted by molar-refractivity contribution is 9.08. The summed E-state index contributed by atoms with van der Waals surface area (Å²) in [6.45, 7) is 2.16. The first-order valence-corrected chi connectivity index (χ1v) is 8.61. The van der Waals surface area contributed by atoms with Gasteiger partial charge in [-0.05, 0) is 24.3 Å². The van der Waals surface area contributed by atoms with Gasteiger partial charge in [-0.15, -0.1) is 0 Å². The van der Waals surface area contributed by atoms with Gasteiger partial charge < -0.3 is 4.90 Å². The highest BCUT2D eigenvalue weighted by Gasteiger charge is 2.17. The van der Waals surface area contributed by atoms with Gasteiger partial charge in [0.15, 0.2) is 0 Å². The van der Waals surface area contributed by atoms with Crippen LogP contribution in [0.1, 0.15) is 18.9 Å². The minimum Gasteiger partial charge on any atom is -0.371 e. The van der Waals surface area contributed by atoms with Gasteiger partial charge in [-0.1, -0.05) is 22.9 Å². The monoisotopic (exact) mass is 346 g/mol. The minimum absolute atomic E-state index is 0.143. The molecule has 0 aliphatic carbocycles. The molecule has 106 valence electrons. The van der Waals surface area contributed by atoms with Crippen molar-refractivity contribution in [2.45, 2.75) is 24.7 Å². The van der Waals surface area contributed by atoms with Crippen LogP contribution in [0.15, 0.2) is 18.2 Å². The molecule has 19 heavy (non-hydrogen) atoms. The zero-order chi connectivity index (χ0) is 14.4. The Morgan fingerprint density at radius 1 is 1.53 bits per heavy atom. The van der Waals surface area contributed by atoms with E-state index in [2.05, 4.69) is 41.1 Å². The van der Waals surface area contributed by atoms with E-state index < -0.39 is 0 Å². The smallest absolute Gasteiger partial charge is 0.269 e. The predicted octanol–water partition coefficient (Wildman–Crippen LogP) is 4.07. The van der Waals surface area contributed by atoms with Crippen molar-refractivity contribution >= 4 is 39.1 Å². The van der Waals surface area contributed by atoms with Crippen molar-refractivity contribution in [1.29, 1.82) is 0 Å². The molecular formula is C13H19BrN2O2S. The Morgan fingerprint density at radius 2 is 2.21 bits per heavy atom. The summed E-state index contributed by atoms with van der Waals surface area (Å²) in [5, 5.41) is 11.4. The average molecular weight is 347 g/mol. The Bertz CT molecular complexity index is 443.